The Balaban J connectivity index is 2.23. The Morgan fingerprint density at radius 2 is 2.14 bits per heavy atom. The van der Waals surface area contributed by atoms with Crippen molar-refractivity contribution in [1.29, 1.82) is 0 Å². The van der Waals surface area contributed by atoms with E-state index in [0.29, 0.717) is 0 Å². The predicted molar refractivity (Wildman–Crippen MR) is 65.3 cm³/mol. The zero-order chi connectivity index (χ0) is 9.80. The summed E-state index contributed by atoms with van der Waals surface area (Å²) in [6, 6.07) is 0. The molecule has 1 heterocycles. The third-order valence-electron chi connectivity index (χ3n) is 2.25. The van der Waals surface area contributed by atoms with Gasteiger partial charge in [-0.1, -0.05) is 42.0 Å². The summed E-state index contributed by atoms with van der Waals surface area (Å²) in [5.74, 6) is 1.14. The fraction of sp³-hybridized carbons (Fsp3) is 0.231. The minimum absolute atomic E-state index is 1.04. The molecule has 0 amide bonds. The highest BCUT2D eigenvalue weighted by molar-refractivity contribution is 8.02. The molecule has 0 aromatic rings. The number of allylic oxidation sites excluding steroid dienone is 8. The van der Waals surface area contributed by atoms with Gasteiger partial charge in [0.2, 0.25) is 0 Å². The fourth-order valence-corrected chi connectivity index (χ4v) is 2.36. The summed E-state index contributed by atoms with van der Waals surface area (Å²) in [6.07, 6.45) is 14.2. The van der Waals surface area contributed by atoms with Crippen molar-refractivity contribution in [1.82, 2.24) is 0 Å². The van der Waals surface area contributed by atoms with Gasteiger partial charge in [0.25, 0.3) is 0 Å². The van der Waals surface area contributed by atoms with E-state index in [1.807, 2.05) is 11.8 Å². The molecule has 2 rings (SSSR count). The van der Waals surface area contributed by atoms with Crippen molar-refractivity contribution < 1.29 is 0 Å². The van der Waals surface area contributed by atoms with Crippen LogP contribution in [0.3, 0.4) is 0 Å². The molecule has 14 heavy (non-hydrogen) atoms. The largest absolute Gasteiger partial charge is 0.129 e. The van der Waals surface area contributed by atoms with Gasteiger partial charge in [0.15, 0.2) is 0 Å². The van der Waals surface area contributed by atoms with Crippen LogP contribution in [0, 0.1) is 0 Å². The Kier molecular flexibility index (Phi) is 3.10. The van der Waals surface area contributed by atoms with Crippen molar-refractivity contribution in [2.75, 3.05) is 5.75 Å². The van der Waals surface area contributed by atoms with Crippen LogP contribution in [-0.2, 0) is 0 Å². The molecule has 2 aliphatic rings. The van der Waals surface area contributed by atoms with Gasteiger partial charge in [0, 0.05) is 5.75 Å². The van der Waals surface area contributed by atoms with Crippen LogP contribution in [0.1, 0.15) is 13.3 Å². The lowest BCUT2D eigenvalue weighted by atomic mass is 10.0. The van der Waals surface area contributed by atoms with E-state index in [2.05, 4.69) is 48.8 Å². The van der Waals surface area contributed by atoms with Crippen LogP contribution in [0.2, 0.25) is 0 Å². The highest BCUT2D eigenvalue weighted by Gasteiger charge is 2.05. The zero-order valence-corrected chi connectivity index (χ0v) is 9.18. The van der Waals surface area contributed by atoms with Crippen molar-refractivity contribution in [2.24, 2.45) is 0 Å². The average Bonchev–Trinajstić information content (AvgIpc) is 2.45. The molecule has 0 saturated heterocycles. The lowest BCUT2D eigenvalue weighted by Crippen LogP contribution is -1.92. The molecular weight excluding hydrogens is 188 g/mol. The standard InChI is InChI=1S/C13H14S/c1-11-8-13(10-14-9-11)12-6-4-2-3-5-7-12/h2-4,6-8,10H,5,9H2,1H3. The van der Waals surface area contributed by atoms with Crippen LogP contribution in [-0.4, -0.2) is 5.75 Å². The van der Waals surface area contributed by atoms with Gasteiger partial charge in [-0.15, -0.1) is 11.8 Å². The lowest BCUT2D eigenvalue weighted by Gasteiger charge is -2.10. The van der Waals surface area contributed by atoms with Gasteiger partial charge in [-0.3, -0.25) is 0 Å². The molecule has 0 fully saturated rings. The van der Waals surface area contributed by atoms with Gasteiger partial charge < -0.3 is 0 Å². The maximum atomic E-state index is 2.29. The predicted octanol–water partition coefficient (Wildman–Crippen LogP) is 4.01. The van der Waals surface area contributed by atoms with E-state index in [-0.39, 0.29) is 0 Å². The first-order chi connectivity index (χ1) is 6.86. The Hall–Kier alpha value is -0.950. The highest BCUT2D eigenvalue weighted by atomic mass is 32.2. The first kappa shape index (κ1) is 9.60. The highest BCUT2D eigenvalue weighted by Crippen LogP contribution is 2.26. The summed E-state index contributed by atoms with van der Waals surface area (Å²) in [5.41, 5.74) is 4.17. The molecule has 0 unspecified atom stereocenters. The molecule has 0 radical (unpaired) electrons. The van der Waals surface area contributed by atoms with Crippen LogP contribution >= 0.6 is 11.8 Å². The quantitative estimate of drug-likeness (QED) is 0.619. The van der Waals surface area contributed by atoms with Gasteiger partial charge in [0.1, 0.15) is 0 Å². The zero-order valence-electron chi connectivity index (χ0n) is 8.36. The summed E-state index contributed by atoms with van der Waals surface area (Å²) >= 11 is 1.89. The summed E-state index contributed by atoms with van der Waals surface area (Å²) in [6.45, 7) is 2.19. The second-order valence-electron chi connectivity index (χ2n) is 3.56. The molecule has 0 saturated carbocycles. The SMILES string of the molecule is CC1=CC(C2=CCC=CC=C2)=CSC1. The summed E-state index contributed by atoms with van der Waals surface area (Å²) in [5, 5.41) is 2.26. The Morgan fingerprint density at radius 3 is 3.00 bits per heavy atom. The maximum Gasteiger partial charge on any atom is 0.0185 e. The van der Waals surface area contributed by atoms with E-state index < -0.39 is 0 Å². The van der Waals surface area contributed by atoms with E-state index in [0.717, 1.165) is 12.2 Å². The van der Waals surface area contributed by atoms with E-state index in [1.54, 1.807) is 0 Å². The second kappa shape index (κ2) is 4.52. The van der Waals surface area contributed by atoms with Crippen LogP contribution in [0.15, 0.2) is 58.6 Å². The number of hydrogen-bond donors (Lipinski definition) is 0. The normalized spacial score (nSPS) is 21.1. The van der Waals surface area contributed by atoms with Crippen molar-refractivity contribution in [3.8, 4) is 0 Å². The number of thioether (sulfide) groups is 1. The van der Waals surface area contributed by atoms with E-state index in [1.165, 1.54) is 16.7 Å². The molecule has 0 aromatic carbocycles. The van der Waals surface area contributed by atoms with E-state index in [9.17, 15) is 0 Å². The topological polar surface area (TPSA) is 0 Å². The Morgan fingerprint density at radius 1 is 1.21 bits per heavy atom. The minimum Gasteiger partial charge on any atom is -0.129 e. The fourth-order valence-electron chi connectivity index (χ4n) is 1.55. The molecule has 1 aliphatic heterocycles. The van der Waals surface area contributed by atoms with Crippen LogP contribution in [0.25, 0.3) is 0 Å². The van der Waals surface area contributed by atoms with Gasteiger partial charge in [-0.25, -0.2) is 0 Å². The van der Waals surface area contributed by atoms with Gasteiger partial charge in [0.05, 0.1) is 0 Å². The molecular formula is C13H14S. The second-order valence-corrected chi connectivity index (χ2v) is 4.42. The first-order valence-electron chi connectivity index (χ1n) is 4.89. The smallest absolute Gasteiger partial charge is 0.0185 e. The first-order valence-corrected chi connectivity index (χ1v) is 5.94. The monoisotopic (exact) mass is 202 g/mol. The van der Waals surface area contributed by atoms with Gasteiger partial charge >= 0.3 is 0 Å². The summed E-state index contributed by atoms with van der Waals surface area (Å²) in [7, 11) is 0. The molecule has 1 heteroatoms. The molecule has 0 bridgehead atoms. The maximum absolute atomic E-state index is 2.29. The Bertz CT molecular complexity index is 365. The third kappa shape index (κ3) is 2.30. The minimum atomic E-state index is 1.04. The van der Waals surface area contributed by atoms with Crippen molar-refractivity contribution in [3.63, 3.8) is 0 Å². The van der Waals surface area contributed by atoms with E-state index in [4.69, 9.17) is 0 Å². The lowest BCUT2D eigenvalue weighted by molar-refractivity contribution is 1.33. The van der Waals surface area contributed by atoms with Crippen molar-refractivity contribution in [2.45, 2.75) is 13.3 Å². The van der Waals surface area contributed by atoms with E-state index >= 15 is 0 Å². The summed E-state index contributed by atoms with van der Waals surface area (Å²) < 4.78 is 0. The molecule has 0 nitrogen and oxygen atoms in total. The Labute approximate surface area is 89.8 Å². The molecule has 72 valence electrons. The van der Waals surface area contributed by atoms with Gasteiger partial charge in [-0.05, 0) is 29.9 Å². The molecule has 0 atom stereocenters. The molecule has 0 aromatic heterocycles. The van der Waals surface area contributed by atoms with Crippen LogP contribution in [0.4, 0.5) is 0 Å². The van der Waals surface area contributed by atoms with Crippen molar-refractivity contribution in [3.05, 3.63) is 58.6 Å². The van der Waals surface area contributed by atoms with Crippen LogP contribution in [0.5, 0.6) is 0 Å². The molecule has 0 spiro atoms. The van der Waals surface area contributed by atoms with Gasteiger partial charge in [-0.2, -0.15) is 0 Å². The number of hydrogen-bond acceptors (Lipinski definition) is 1. The molecule has 1 aliphatic carbocycles. The third-order valence-corrected chi connectivity index (χ3v) is 3.30. The average molecular weight is 202 g/mol. The molecule has 0 N–H and O–H groups in total. The van der Waals surface area contributed by atoms with Crippen molar-refractivity contribution >= 4 is 11.8 Å². The summed E-state index contributed by atoms with van der Waals surface area (Å²) in [4.78, 5) is 0. The number of rotatable bonds is 1. The van der Waals surface area contributed by atoms with Crippen LogP contribution < -0.4 is 0 Å².